The van der Waals surface area contributed by atoms with E-state index in [4.69, 9.17) is 17.3 Å². The maximum atomic E-state index is 12.8. The Morgan fingerprint density at radius 1 is 1.20 bits per heavy atom. The molecule has 2 amide bonds. The quantitative estimate of drug-likeness (QED) is 0.853. The molecule has 0 spiro atoms. The van der Waals surface area contributed by atoms with E-state index in [1.54, 1.807) is 23.1 Å². The Hall–Kier alpha value is -2.59. The van der Waals surface area contributed by atoms with Crippen LogP contribution in [0.4, 0.5) is 5.69 Å². The molecule has 2 atom stereocenters. The van der Waals surface area contributed by atoms with Gasteiger partial charge < -0.3 is 10.6 Å². The number of anilines is 1. The third-order valence-corrected chi connectivity index (χ3v) is 4.67. The van der Waals surface area contributed by atoms with Crippen molar-refractivity contribution in [2.45, 2.75) is 25.3 Å². The maximum Gasteiger partial charge on any atom is 0.251 e. The van der Waals surface area contributed by atoms with Crippen LogP contribution in [-0.2, 0) is 9.59 Å². The zero-order valence-corrected chi connectivity index (χ0v) is 14.6. The fraction of sp³-hybridized carbons (Fsp3) is 0.200. The van der Waals surface area contributed by atoms with Crippen molar-refractivity contribution in [1.29, 1.82) is 0 Å². The standard InChI is InChI=1S/C20H19ClN2O2/c1-13-11-17(20(22)25)16-7-2-3-8-18(16)23(13)19(24)10-9-14-5-4-6-15(21)12-14/h2-10,12-13,17H,11H2,1H3,(H2,22,25)/b10-9+/t13-,17-/m1/s1. The minimum atomic E-state index is -0.368. The Morgan fingerprint density at radius 2 is 1.96 bits per heavy atom. The third kappa shape index (κ3) is 3.59. The molecule has 0 unspecified atom stereocenters. The zero-order valence-electron chi connectivity index (χ0n) is 13.9. The second-order valence-corrected chi connectivity index (χ2v) is 6.63. The highest BCUT2D eigenvalue weighted by molar-refractivity contribution is 6.30. The van der Waals surface area contributed by atoms with Gasteiger partial charge in [0, 0.05) is 22.8 Å². The first kappa shape index (κ1) is 17.2. The van der Waals surface area contributed by atoms with Crippen LogP contribution in [0.2, 0.25) is 5.02 Å². The molecule has 1 aliphatic heterocycles. The van der Waals surface area contributed by atoms with Gasteiger partial charge in [0.1, 0.15) is 0 Å². The highest BCUT2D eigenvalue weighted by Gasteiger charge is 2.35. The number of rotatable bonds is 3. The molecule has 1 aliphatic rings. The summed E-state index contributed by atoms with van der Waals surface area (Å²) in [5.41, 5.74) is 7.95. The SMILES string of the molecule is C[C@@H]1C[C@@H](C(N)=O)c2ccccc2N1C(=O)/C=C/c1cccc(Cl)c1. The van der Waals surface area contributed by atoms with Crippen LogP contribution in [0.1, 0.15) is 30.4 Å². The van der Waals surface area contributed by atoms with Crippen LogP contribution in [0.25, 0.3) is 6.08 Å². The van der Waals surface area contributed by atoms with Crippen LogP contribution in [0.5, 0.6) is 0 Å². The number of para-hydroxylation sites is 1. The van der Waals surface area contributed by atoms with Gasteiger partial charge in [-0.2, -0.15) is 0 Å². The molecule has 3 rings (SSSR count). The molecule has 0 saturated carbocycles. The predicted molar refractivity (Wildman–Crippen MR) is 100 cm³/mol. The van der Waals surface area contributed by atoms with E-state index in [0.717, 1.165) is 16.8 Å². The highest BCUT2D eigenvalue weighted by atomic mass is 35.5. The first-order valence-electron chi connectivity index (χ1n) is 8.12. The van der Waals surface area contributed by atoms with Gasteiger partial charge in [-0.3, -0.25) is 9.59 Å². The van der Waals surface area contributed by atoms with Crippen molar-refractivity contribution in [3.8, 4) is 0 Å². The number of carbonyl (C=O) groups excluding carboxylic acids is 2. The molecular formula is C20H19ClN2O2. The lowest BCUT2D eigenvalue weighted by Crippen LogP contribution is -2.44. The Labute approximate surface area is 151 Å². The lowest BCUT2D eigenvalue weighted by Gasteiger charge is -2.37. The third-order valence-electron chi connectivity index (χ3n) is 4.44. The average Bonchev–Trinajstić information content (AvgIpc) is 2.59. The molecule has 4 nitrogen and oxygen atoms in total. The van der Waals surface area contributed by atoms with E-state index in [1.165, 1.54) is 6.08 Å². The summed E-state index contributed by atoms with van der Waals surface area (Å²) in [7, 11) is 0. The van der Waals surface area contributed by atoms with Crippen LogP contribution >= 0.6 is 11.6 Å². The summed E-state index contributed by atoms with van der Waals surface area (Å²) < 4.78 is 0. The van der Waals surface area contributed by atoms with Crippen molar-refractivity contribution in [3.63, 3.8) is 0 Å². The molecule has 2 aromatic rings. The molecule has 2 N–H and O–H groups in total. The largest absolute Gasteiger partial charge is 0.369 e. The molecular weight excluding hydrogens is 336 g/mol. The predicted octanol–water partition coefficient (Wildman–Crippen LogP) is 3.75. The first-order chi connectivity index (χ1) is 12.0. The van der Waals surface area contributed by atoms with E-state index < -0.39 is 0 Å². The van der Waals surface area contributed by atoms with E-state index in [9.17, 15) is 9.59 Å². The maximum absolute atomic E-state index is 12.8. The second kappa shape index (κ2) is 7.11. The first-order valence-corrected chi connectivity index (χ1v) is 8.50. The number of halogens is 1. The molecule has 128 valence electrons. The van der Waals surface area contributed by atoms with Gasteiger partial charge in [0.2, 0.25) is 5.91 Å². The molecule has 0 bridgehead atoms. The number of hydrogen-bond acceptors (Lipinski definition) is 2. The van der Waals surface area contributed by atoms with Crippen LogP contribution < -0.4 is 10.6 Å². The summed E-state index contributed by atoms with van der Waals surface area (Å²) in [4.78, 5) is 26.3. The fourth-order valence-electron chi connectivity index (χ4n) is 3.28. The molecule has 0 fully saturated rings. The van der Waals surface area contributed by atoms with Crippen molar-refractivity contribution < 1.29 is 9.59 Å². The van der Waals surface area contributed by atoms with Crippen molar-refractivity contribution in [2.24, 2.45) is 5.73 Å². The molecule has 2 aromatic carbocycles. The van der Waals surface area contributed by atoms with E-state index in [2.05, 4.69) is 0 Å². The lowest BCUT2D eigenvalue weighted by atomic mass is 9.85. The number of nitrogens with zero attached hydrogens (tertiary/aromatic N) is 1. The molecule has 0 aliphatic carbocycles. The number of amides is 2. The molecule has 0 radical (unpaired) electrons. The van der Waals surface area contributed by atoms with Gasteiger partial charge in [0.05, 0.1) is 5.92 Å². The number of nitrogens with two attached hydrogens (primary N) is 1. The van der Waals surface area contributed by atoms with Crippen LogP contribution in [0.15, 0.2) is 54.6 Å². The topological polar surface area (TPSA) is 63.4 Å². The Bertz CT molecular complexity index is 847. The number of benzene rings is 2. The molecule has 0 saturated heterocycles. The van der Waals surface area contributed by atoms with E-state index in [0.29, 0.717) is 11.4 Å². The van der Waals surface area contributed by atoms with Crippen molar-refractivity contribution in [3.05, 3.63) is 70.8 Å². The Kier molecular flexibility index (Phi) is 4.91. The van der Waals surface area contributed by atoms with Crippen LogP contribution in [-0.4, -0.2) is 17.9 Å². The van der Waals surface area contributed by atoms with Gasteiger partial charge in [-0.15, -0.1) is 0 Å². The lowest BCUT2D eigenvalue weighted by molar-refractivity contribution is -0.120. The van der Waals surface area contributed by atoms with Gasteiger partial charge in [-0.1, -0.05) is 41.9 Å². The van der Waals surface area contributed by atoms with E-state index >= 15 is 0 Å². The normalized spacial score (nSPS) is 19.7. The van der Waals surface area contributed by atoms with Crippen LogP contribution in [0, 0.1) is 0 Å². The fourth-order valence-corrected chi connectivity index (χ4v) is 3.47. The number of hydrogen-bond donors (Lipinski definition) is 1. The summed E-state index contributed by atoms with van der Waals surface area (Å²) in [5, 5.41) is 0.621. The molecule has 1 heterocycles. The van der Waals surface area contributed by atoms with Crippen molar-refractivity contribution in [1.82, 2.24) is 0 Å². The Morgan fingerprint density at radius 3 is 2.68 bits per heavy atom. The number of fused-ring (bicyclic) bond motifs is 1. The smallest absolute Gasteiger partial charge is 0.251 e. The number of primary amides is 1. The summed E-state index contributed by atoms with van der Waals surface area (Å²) in [6, 6.07) is 14.6. The van der Waals surface area contributed by atoms with Gasteiger partial charge >= 0.3 is 0 Å². The van der Waals surface area contributed by atoms with Crippen molar-refractivity contribution >= 4 is 35.2 Å². The van der Waals surface area contributed by atoms with Gasteiger partial charge in [-0.05, 0) is 48.7 Å². The summed E-state index contributed by atoms with van der Waals surface area (Å²) in [6.07, 6.45) is 3.79. The summed E-state index contributed by atoms with van der Waals surface area (Å²) in [6.45, 7) is 1.93. The monoisotopic (exact) mass is 354 g/mol. The van der Waals surface area contributed by atoms with Gasteiger partial charge in [0.25, 0.3) is 5.91 Å². The van der Waals surface area contributed by atoms with Crippen molar-refractivity contribution in [2.75, 3.05) is 4.90 Å². The zero-order chi connectivity index (χ0) is 18.0. The van der Waals surface area contributed by atoms with Gasteiger partial charge in [0.15, 0.2) is 0 Å². The average molecular weight is 355 g/mol. The Balaban J connectivity index is 1.91. The number of carbonyl (C=O) groups is 2. The molecule has 0 aromatic heterocycles. The second-order valence-electron chi connectivity index (χ2n) is 6.20. The minimum absolute atomic E-state index is 0.121. The van der Waals surface area contributed by atoms with Gasteiger partial charge in [-0.25, -0.2) is 0 Å². The minimum Gasteiger partial charge on any atom is -0.369 e. The highest BCUT2D eigenvalue weighted by Crippen LogP contribution is 2.38. The molecule has 5 heteroatoms. The molecule has 25 heavy (non-hydrogen) atoms. The van der Waals surface area contributed by atoms with E-state index in [1.807, 2.05) is 43.3 Å². The van der Waals surface area contributed by atoms with Crippen LogP contribution in [0.3, 0.4) is 0 Å². The summed E-state index contributed by atoms with van der Waals surface area (Å²) >= 11 is 5.97. The summed E-state index contributed by atoms with van der Waals surface area (Å²) in [5.74, 6) is -0.865. The van der Waals surface area contributed by atoms with E-state index in [-0.39, 0.29) is 23.8 Å².